The summed E-state index contributed by atoms with van der Waals surface area (Å²) < 4.78 is 24.1. The zero-order chi connectivity index (χ0) is 11.5. The molecule has 1 fully saturated rings. The van der Waals surface area contributed by atoms with Gasteiger partial charge in [-0.2, -0.15) is 0 Å². The van der Waals surface area contributed by atoms with Gasteiger partial charge in [-0.1, -0.05) is 0 Å². The Bertz CT molecular complexity index is 362. The van der Waals surface area contributed by atoms with Crippen LogP contribution in [-0.2, 0) is 4.74 Å². The van der Waals surface area contributed by atoms with Gasteiger partial charge < -0.3 is 14.8 Å². The molecule has 0 amide bonds. The summed E-state index contributed by atoms with van der Waals surface area (Å²) in [4.78, 5) is 0. The Balaban J connectivity index is 2.21. The monoisotopic (exact) mass is 225 g/mol. The first-order valence-electron chi connectivity index (χ1n) is 5.39. The van der Waals surface area contributed by atoms with Crippen molar-refractivity contribution in [2.24, 2.45) is 0 Å². The fourth-order valence-corrected chi connectivity index (χ4v) is 1.84. The molecule has 16 heavy (non-hydrogen) atoms. The number of halogens is 1. The van der Waals surface area contributed by atoms with Gasteiger partial charge in [-0.25, -0.2) is 4.39 Å². The molecule has 0 spiro atoms. The zero-order valence-corrected chi connectivity index (χ0v) is 9.50. The number of hydrogen-bond acceptors (Lipinski definition) is 3. The van der Waals surface area contributed by atoms with Crippen LogP contribution >= 0.6 is 0 Å². The molecule has 1 saturated heterocycles. The van der Waals surface area contributed by atoms with Crippen molar-refractivity contribution >= 4 is 0 Å². The third kappa shape index (κ3) is 2.33. The summed E-state index contributed by atoms with van der Waals surface area (Å²) in [6.07, 6.45) is -0.137. The van der Waals surface area contributed by atoms with Crippen molar-refractivity contribution in [2.75, 3.05) is 20.3 Å². The van der Waals surface area contributed by atoms with Gasteiger partial charge in [-0.3, -0.25) is 0 Å². The Kier molecular flexibility index (Phi) is 3.41. The lowest BCUT2D eigenvalue weighted by atomic mass is 10.1. The summed E-state index contributed by atoms with van der Waals surface area (Å²) >= 11 is 0. The van der Waals surface area contributed by atoms with Gasteiger partial charge in [0.1, 0.15) is 11.6 Å². The molecule has 2 rings (SSSR count). The molecule has 3 nitrogen and oxygen atoms in total. The molecular weight excluding hydrogens is 209 g/mol. The lowest BCUT2D eigenvalue weighted by Crippen LogP contribution is -2.40. The first kappa shape index (κ1) is 11.4. The van der Waals surface area contributed by atoms with Crippen molar-refractivity contribution in [3.05, 3.63) is 29.6 Å². The third-order valence-electron chi connectivity index (χ3n) is 2.74. The van der Waals surface area contributed by atoms with Crippen molar-refractivity contribution in [3.8, 4) is 5.75 Å². The van der Waals surface area contributed by atoms with E-state index in [4.69, 9.17) is 9.47 Å². The van der Waals surface area contributed by atoms with Crippen LogP contribution in [0, 0.1) is 5.82 Å². The number of benzene rings is 1. The minimum absolute atomic E-state index is 0.137. The molecular formula is C12H16FNO2. The topological polar surface area (TPSA) is 30.5 Å². The molecule has 0 radical (unpaired) electrons. The Morgan fingerprint density at radius 1 is 1.50 bits per heavy atom. The van der Waals surface area contributed by atoms with E-state index in [1.165, 1.54) is 12.1 Å². The molecule has 1 heterocycles. The van der Waals surface area contributed by atoms with Crippen LogP contribution < -0.4 is 10.1 Å². The Morgan fingerprint density at radius 2 is 2.31 bits per heavy atom. The molecule has 0 aromatic heterocycles. The van der Waals surface area contributed by atoms with Gasteiger partial charge in [0.2, 0.25) is 0 Å². The van der Waals surface area contributed by atoms with E-state index in [1.54, 1.807) is 13.2 Å². The molecule has 0 aliphatic carbocycles. The fourth-order valence-electron chi connectivity index (χ4n) is 1.84. The van der Waals surface area contributed by atoms with Gasteiger partial charge in [0.05, 0.1) is 19.8 Å². The third-order valence-corrected chi connectivity index (χ3v) is 2.74. The Hall–Kier alpha value is -1.13. The van der Waals surface area contributed by atoms with E-state index in [0.29, 0.717) is 24.9 Å². The standard InChI is InChI=1S/C12H16FNO2/c1-8-7-16-12(6-14-8)10-5-9(13)3-4-11(10)15-2/h3-5,8,12,14H,6-7H2,1-2H3. The highest BCUT2D eigenvalue weighted by atomic mass is 19.1. The van der Waals surface area contributed by atoms with Crippen LogP contribution in [0.4, 0.5) is 4.39 Å². The van der Waals surface area contributed by atoms with Crippen LogP contribution in [-0.4, -0.2) is 26.3 Å². The SMILES string of the molecule is COc1ccc(F)cc1C1CNC(C)CO1. The second kappa shape index (κ2) is 4.80. The fraction of sp³-hybridized carbons (Fsp3) is 0.500. The second-order valence-electron chi connectivity index (χ2n) is 4.02. The largest absolute Gasteiger partial charge is 0.496 e. The zero-order valence-electron chi connectivity index (χ0n) is 9.50. The number of hydrogen-bond donors (Lipinski definition) is 1. The van der Waals surface area contributed by atoms with Crippen molar-refractivity contribution < 1.29 is 13.9 Å². The smallest absolute Gasteiger partial charge is 0.124 e. The van der Waals surface area contributed by atoms with Crippen LogP contribution in [0.15, 0.2) is 18.2 Å². The number of rotatable bonds is 2. The average Bonchev–Trinajstić information content (AvgIpc) is 2.30. The molecule has 4 heteroatoms. The van der Waals surface area contributed by atoms with Crippen molar-refractivity contribution in [2.45, 2.75) is 19.1 Å². The quantitative estimate of drug-likeness (QED) is 0.833. The minimum Gasteiger partial charge on any atom is -0.496 e. The molecule has 1 aromatic carbocycles. The van der Waals surface area contributed by atoms with Crippen LogP contribution in [0.2, 0.25) is 0 Å². The number of nitrogens with one attached hydrogen (secondary N) is 1. The van der Waals surface area contributed by atoms with E-state index < -0.39 is 0 Å². The molecule has 1 aromatic rings. The summed E-state index contributed by atoms with van der Waals surface area (Å²) in [6, 6.07) is 4.84. The number of methoxy groups -OCH3 is 1. The minimum atomic E-state index is -0.266. The second-order valence-corrected chi connectivity index (χ2v) is 4.02. The van der Waals surface area contributed by atoms with Gasteiger partial charge >= 0.3 is 0 Å². The first-order valence-corrected chi connectivity index (χ1v) is 5.39. The summed E-state index contributed by atoms with van der Waals surface area (Å²) in [7, 11) is 1.58. The van der Waals surface area contributed by atoms with Crippen molar-refractivity contribution in [3.63, 3.8) is 0 Å². The average molecular weight is 225 g/mol. The van der Waals surface area contributed by atoms with E-state index >= 15 is 0 Å². The molecule has 0 saturated carbocycles. The summed E-state index contributed by atoms with van der Waals surface area (Å²) in [6.45, 7) is 3.37. The maximum Gasteiger partial charge on any atom is 0.124 e. The van der Waals surface area contributed by atoms with E-state index in [0.717, 1.165) is 5.56 Å². The Morgan fingerprint density at radius 3 is 2.94 bits per heavy atom. The highest BCUT2D eigenvalue weighted by Gasteiger charge is 2.22. The normalized spacial score (nSPS) is 25.4. The maximum atomic E-state index is 13.2. The molecule has 1 N–H and O–H groups in total. The summed E-state index contributed by atoms with van der Waals surface area (Å²) in [5.74, 6) is 0.403. The Labute approximate surface area is 94.6 Å². The van der Waals surface area contributed by atoms with Gasteiger partial charge in [-0.05, 0) is 25.1 Å². The lowest BCUT2D eigenvalue weighted by molar-refractivity contribution is 0.00557. The highest BCUT2D eigenvalue weighted by molar-refractivity contribution is 5.36. The number of ether oxygens (including phenoxy) is 2. The van der Waals surface area contributed by atoms with Crippen molar-refractivity contribution in [1.82, 2.24) is 5.32 Å². The molecule has 2 atom stereocenters. The first-order chi connectivity index (χ1) is 7.70. The summed E-state index contributed by atoms with van der Waals surface area (Å²) in [5.41, 5.74) is 0.766. The highest BCUT2D eigenvalue weighted by Crippen LogP contribution is 2.29. The van der Waals surface area contributed by atoms with Crippen molar-refractivity contribution in [1.29, 1.82) is 0 Å². The summed E-state index contributed by atoms with van der Waals surface area (Å²) in [5, 5.41) is 3.30. The van der Waals surface area contributed by atoms with Gasteiger partial charge in [-0.15, -0.1) is 0 Å². The van der Waals surface area contributed by atoms with E-state index in [9.17, 15) is 4.39 Å². The van der Waals surface area contributed by atoms with Crippen LogP contribution in [0.3, 0.4) is 0 Å². The molecule has 1 aliphatic rings. The predicted octanol–water partition coefficient (Wildman–Crippen LogP) is 1.88. The predicted molar refractivity (Wildman–Crippen MR) is 59.1 cm³/mol. The molecule has 2 unspecified atom stereocenters. The molecule has 88 valence electrons. The number of morpholine rings is 1. The van der Waals surface area contributed by atoms with E-state index in [-0.39, 0.29) is 11.9 Å². The van der Waals surface area contributed by atoms with E-state index in [1.807, 2.05) is 0 Å². The maximum absolute atomic E-state index is 13.2. The van der Waals surface area contributed by atoms with Crippen LogP contribution in [0.1, 0.15) is 18.6 Å². The van der Waals surface area contributed by atoms with Gasteiger partial charge in [0, 0.05) is 18.2 Å². The van der Waals surface area contributed by atoms with Crippen LogP contribution in [0.25, 0.3) is 0 Å². The lowest BCUT2D eigenvalue weighted by Gasteiger charge is -2.29. The molecule has 0 bridgehead atoms. The van der Waals surface area contributed by atoms with E-state index in [2.05, 4.69) is 12.2 Å². The van der Waals surface area contributed by atoms with Gasteiger partial charge in [0.15, 0.2) is 0 Å². The van der Waals surface area contributed by atoms with Crippen LogP contribution in [0.5, 0.6) is 5.75 Å². The van der Waals surface area contributed by atoms with Gasteiger partial charge in [0.25, 0.3) is 0 Å². The molecule has 1 aliphatic heterocycles.